The Morgan fingerprint density at radius 3 is 2.59 bits per heavy atom. The van der Waals surface area contributed by atoms with Crippen LogP contribution in [0.4, 0.5) is 5.69 Å². The number of fused-ring (bicyclic) bond motifs is 1. The van der Waals surface area contributed by atoms with E-state index in [-0.39, 0.29) is 17.4 Å². The number of likely N-dealkylation sites (tertiary alicyclic amines) is 1. The van der Waals surface area contributed by atoms with Crippen LogP contribution in [0.15, 0.2) is 42.6 Å². The van der Waals surface area contributed by atoms with Crippen molar-refractivity contribution >= 4 is 23.0 Å². The third-order valence-electron chi connectivity index (χ3n) is 5.00. The largest absolute Gasteiger partial charge is 0.497 e. The minimum Gasteiger partial charge on any atom is -0.497 e. The smallest absolute Gasteiger partial charge is 0.290 e. The van der Waals surface area contributed by atoms with Crippen molar-refractivity contribution in [1.82, 2.24) is 14.3 Å². The summed E-state index contributed by atoms with van der Waals surface area (Å²) >= 11 is 0. The zero-order chi connectivity index (χ0) is 20.4. The van der Waals surface area contributed by atoms with Gasteiger partial charge in [0.05, 0.1) is 25.4 Å². The van der Waals surface area contributed by atoms with E-state index in [4.69, 9.17) is 9.47 Å². The molecular formula is C21H22N4O4. The number of benzene rings is 1. The van der Waals surface area contributed by atoms with E-state index >= 15 is 0 Å². The molecule has 8 nitrogen and oxygen atoms in total. The van der Waals surface area contributed by atoms with Crippen LogP contribution < -0.4 is 14.8 Å². The Labute approximate surface area is 168 Å². The summed E-state index contributed by atoms with van der Waals surface area (Å²) in [7, 11) is 3.07. The number of anilines is 1. The highest BCUT2D eigenvalue weighted by atomic mass is 16.5. The molecule has 0 unspecified atom stereocenters. The molecule has 0 bridgehead atoms. The van der Waals surface area contributed by atoms with Crippen molar-refractivity contribution in [3.05, 3.63) is 54.1 Å². The lowest BCUT2D eigenvalue weighted by Crippen LogP contribution is -2.29. The van der Waals surface area contributed by atoms with Crippen LogP contribution in [0, 0.1) is 0 Å². The van der Waals surface area contributed by atoms with E-state index in [2.05, 4.69) is 10.3 Å². The zero-order valence-corrected chi connectivity index (χ0v) is 16.3. The monoisotopic (exact) mass is 394 g/mol. The fourth-order valence-electron chi connectivity index (χ4n) is 3.51. The van der Waals surface area contributed by atoms with E-state index in [1.807, 2.05) is 12.1 Å². The number of methoxy groups -OCH3 is 2. The maximum absolute atomic E-state index is 13.0. The molecule has 1 aliphatic heterocycles. The van der Waals surface area contributed by atoms with Crippen molar-refractivity contribution in [2.24, 2.45) is 0 Å². The van der Waals surface area contributed by atoms with Gasteiger partial charge in [0.1, 0.15) is 11.5 Å². The van der Waals surface area contributed by atoms with Gasteiger partial charge in [-0.2, -0.15) is 0 Å². The molecule has 1 aliphatic rings. The van der Waals surface area contributed by atoms with E-state index in [0.717, 1.165) is 12.8 Å². The first kappa shape index (κ1) is 18.8. The van der Waals surface area contributed by atoms with Gasteiger partial charge in [-0.1, -0.05) is 6.07 Å². The van der Waals surface area contributed by atoms with Crippen LogP contribution in [-0.4, -0.2) is 53.4 Å². The molecule has 8 heteroatoms. The molecule has 4 rings (SSSR count). The van der Waals surface area contributed by atoms with E-state index in [0.29, 0.717) is 35.8 Å². The van der Waals surface area contributed by atoms with Gasteiger partial charge in [0.15, 0.2) is 5.69 Å². The second kappa shape index (κ2) is 7.83. The van der Waals surface area contributed by atoms with Crippen LogP contribution in [-0.2, 0) is 0 Å². The number of hydrogen-bond donors (Lipinski definition) is 1. The molecular weight excluding hydrogens is 372 g/mol. The van der Waals surface area contributed by atoms with Crippen molar-refractivity contribution in [2.75, 3.05) is 32.6 Å². The van der Waals surface area contributed by atoms with Crippen LogP contribution in [0.25, 0.3) is 5.52 Å². The first-order valence-corrected chi connectivity index (χ1v) is 9.42. The Kier molecular flexibility index (Phi) is 5.07. The van der Waals surface area contributed by atoms with Gasteiger partial charge in [-0.3, -0.25) is 14.0 Å². The van der Waals surface area contributed by atoms with Gasteiger partial charge in [0.25, 0.3) is 11.8 Å². The van der Waals surface area contributed by atoms with Crippen LogP contribution in [0.1, 0.15) is 33.9 Å². The molecule has 1 saturated heterocycles. The van der Waals surface area contributed by atoms with E-state index in [1.54, 1.807) is 46.9 Å². The highest BCUT2D eigenvalue weighted by molar-refractivity contribution is 6.09. The molecule has 2 amide bonds. The number of hydrogen-bond acceptors (Lipinski definition) is 5. The lowest BCUT2D eigenvalue weighted by atomic mass is 10.2. The number of carbonyl (C=O) groups is 2. The van der Waals surface area contributed by atoms with Crippen molar-refractivity contribution in [2.45, 2.75) is 12.8 Å². The van der Waals surface area contributed by atoms with Crippen molar-refractivity contribution < 1.29 is 19.1 Å². The van der Waals surface area contributed by atoms with Crippen molar-refractivity contribution in [3.63, 3.8) is 0 Å². The maximum atomic E-state index is 13.0. The lowest BCUT2D eigenvalue weighted by molar-refractivity contribution is 0.0780. The first-order chi connectivity index (χ1) is 14.1. The number of aromatic nitrogens is 2. The minimum absolute atomic E-state index is 0.165. The molecule has 1 fully saturated rings. The molecule has 0 spiro atoms. The summed E-state index contributed by atoms with van der Waals surface area (Å²) in [6.07, 6.45) is 3.71. The van der Waals surface area contributed by atoms with Crippen LogP contribution >= 0.6 is 0 Å². The van der Waals surface area contributed by atoms with Gasteiger partial charge in [-0.15, -0.1) is 0 Å². The van der Waals surface area contributed by atoms with E-state index in [1.165, 1.54) is 7.11 Å². The second-order valence-corrected chi connectivity index (χ2v) is 6.76. The van der Waals surface area contributed by atoms with Gasteiger partial charge >= 0.3 is 0 Å². The molecule has 0 saturated carbocycles. The topological polar surface area (TPSA) is 85.2 Å². The number of amides is 2. The second-order valence-electron chi connectivity index (χ2n) is 6.76. The molecule has 1 aromatic carbocycles. The molecule has 0 radical (unpaired) electrons. The van der Waals surface area contributed by atoms with Crippen LogP contribution in [0.5, 0.6) is 11.5 Å². The van der Waals surface area contributed by atoms with Gasteiger partial charge < -0.3 is 19.7 Å². The number of imidazole rings is 1. The average molecular weight is 394 g/mol. The fraction of sp³-hybridized carbons (Fsp3) is 0.286. The Hall–Kier alpha value is -3.55. The minimum atomic E-state index is -0.430. The Morgan fingerprint density at radius 1 is 1.07 bits per heavy atom. The highest BCUT2D eigenvalue weighted by Crippen LogP contribution is 2.29. The summed E-state index contributed by atoms with van der Waals surface area (Å²) in [6.45, 7) is 1.42. The fourth-order valence-corrected chi connectivity index (χ4v) is 3.51. The Balaban J connectivity index is 1.71. The molecule has 1 N–H and O–H groups in total. The highest BCUT2D eigenvalue weighted by Gasteiger charge is 2.27. The maximum Gasteiger partial charge on any atom is 0.290 e. The summed E-state index contributed by atoms with van der Waals surface area (Å²) in [5.74, 6) is 0.726. The SMILES string of the molecule is COc1ccc(OC)c(NC(=O)c2nc(C(=O)N3CCCC3)n3ccccc23)c1. The quantitative estimate of drug-likeness (QED) is 0.719. The normalized spacial score (nSPS) is 13.5. The zero-order valence-electron chi connectivity index (χ0n) is 16.3. The predicted molar refractivity (Wildman–Crippen MR) is 108 cm³/mol. The molecule has 2 aromatic heterocycles. The molecule has 29 heavy (non-hydrogen) atoms. The standard InChI is InChI=1S/C21H22N4O4/c1-28-14-8-9-17(29-2)15(13-14)22-20(26)18-16-7-3-4-12-25(16)19(23-18)21(27)24-10-5-6-11-24/h3-4,7-9,12-13H,5-6,10-11H2,1-2H3,(H,22,26). The van der Waals surface area contributed by atoms with Crippen molar-refractivity contribution in [3.8, 4) is 11.5 Å². The summed E-state index contributed by atoms with van der Waals surface area (Å²) in [5, 5.41) is 2.82. The third kappa shape index (κ3) is 3.49. The molecule has 0 atom stereocenters. The lowest BCUT2D eigenvalue weighted by Gasteiger charge is -2.13. The number of nitrogens with zero attached hydrogens (tertiary/aromatic N) is 3. The summed E-state index contributed by atoms with van der Waals surface area (Å²) < 4.78 is 12.2. The molecule has 3 heterocycles. The Bertz CT molecular complexity index is 1070. The Morgan fingerprint density at radius 2 is 1.86 bits per heavy atom. The summed E-state index contributed by atoms with van der Waals surface area (Å²) in [4.78, 5) is 32.1. The van der Waals surface area contributed by atoms with Gasteiger partial charge in [0, 0.05) is 25.4 Å². The summed E-state index contributed by atoms with van der Waals surface area (Å²) in [6, 6.07) is 10.5. The first-order valence-electron chi connectivity index (χ1n) is 9.42. The van der Waals surface area contributed by atoms with Crippen LogP contribution in [0.2, 0.25) is 0 Å². The van der Waals surface area contributed by atoms with Gasteiger partial charge in [-0.05, 0) is 37.1 Å². The van der Waals surface area contributed by atoms with E-state index < -0.39 is 5.91 Å². The molecule has 0 aliphatic carbocycles. The number of pyridine rings is 1. The molecule has 150 valence electrons. The number of rotatable bonds is 5. The van der Waals surface area contributed by atoms with E-state index in [9.17, 15) is 9.59 Å². The number of ether oxygens (including phenoxy) is 2. The van der Waals surface area contributed by atoms with Crippen LogP contribution in [0.3, 0.4) is 0 Å². The number of nitrogens with one attached hydrogen (secondary N) is 1. The predicted octanol–water partition coefficient (Wildman–Crippen LogP) is 2.84. The van der Waals surface area contributed by atoms with Gasteiger partial charge in [0.2, 0.25) is 5.82 Å². The summed E-state index contributed by atoms with van der Waals surface area (Å²) in [5.41, 5.74) is 1.20. The molecule has 3 aromatic rings. The van der Waals surface area contributed by atoms with Gasteiger partial charge in [-0.25, -0.2) is 4.98 Å². The third-order valence-corrected chi connectivity index (χ3v) is 5.00. The average Bonchev–Trinajstić information content (AvgIpc) is 3.41. The number of carbonyl (C=O) groups excluding carboxylic acids is 2. The van der Waals surface area contributed by atoms with Crippen molar-refractivity contribution in [1.29, 1.82) is 0 Å².